The normalized spacial score (nSPS) is 19.1. The molecule has 0 unspecified atom stereocenters. The van der Waals surface area contributed by atoms with Crippen LogP contribution in [0.3, 0.4) is 0 Å². The van der Waals surface area contributed by atoms with Gasteiger partial charge in [0.1, 0.15) is 6.04 Å². The molecule has 1 aromatic rings. The molecule has 1 aliphatic rings. The Hall–Kier alpha value is -1.64. The van der Waals surface area contributed by atoms with Gasteiger partial charge in [0.25, 0.3) is 5.91 Å². The summed E-state index contributed by atoms with van der Waals surface area (Å²) >= 11 is 5.80. The number of ether oxygens (including phenoxy) is 1. The molecule has 1 saturated heterocycles. The minimum absolute atomic E-state index is 0.0190. The third-order valence-electron chi connectivity index (χ3n) is 4.26. The van der Waals surface area contributed by atoms with Gasteiger partial charge < -0.3 is 10.1 Å². The number of nitrogens with one attached hydrogen (secondary N) is 1. The Morgan fingerprint density at radius 1 is 1.35 bits per heavy atom. The number of rotatable bonds is 7. The molecule has 1 aromatic carbocycles. The first-order valence-corrected chi connectivity index (χ1v) is 10.3. The quantitative estimate of drug-likeness (QED) is 0.703. The maximum Gasteiger partial charge on any atom is 0.324 e. The zero-order valence-corrected chi connectivity index (χ0v) is 16.3. The van der Waals surface area contributed by atoms with Gasteiger partial charge in [0.05, 0.1) is 4.90 Å². The predicted octanol–water partition coefficient (Wildman–Crippen LogP) is 1.95. The van der Waals surface area contributed by atoms with Crippen LogP contribution in [0.5, 0.6) is 0 Å². The van der Waals surface area contributed by atoms with Crippen LogP contribution in [0.4, 0.5) is 0 Å². The standard InChI is InChI=1S/C17H23ClN2O5S/c1-3-12(2)19-16(21)11-25-17(22)15-5-4-10-20(15)26(23,24)14-8-6-13(18)7-9-14/h6-9,12,15H,3-5,10-11H2,1-2H3,(H,19,21)/t12-,15+/m1/s1. The van der Waals surface area contributed by atoms with Crippen molar-refractivity contribution in [3.63, 3.8) is 0 Å². The van der Waals surface area contributed by atoms with E-state index in [0.717, 1.165) is 10.7 Å². The average molecular weight is 403 g/mol. The first-order valence-electron chi connectivity index (χ1n) is 8.49. The van der Waals surface area contributed by atoms with Crippen molar-refractivity contribution < 1.29 is 22.7 Å². The number of hydrogen-bond donors (Lipinski definition) is 1. The van der Waals surface area contributed by atoms with E-state index in [-0.39, 0.29) is 17.5 Å². The average Bonchev–Trinajstić information content (AvgIpc) is 3.10. The summed E-state index contributed by atoms with van der Waals surface area (Å²) in [5.74, 6) is -1.11. The molecule has 1 heterocycles. The number of carbonyl (C=O) groups is 2. The van der Waals surface area contributed by atoms with E-state index in [4.69, 9.17) is 16.3 Å². The molecule has 7 nitrogen and oxygen atoms in total. The molecule has 0 radical (unpaired) electrons. The monoisotopic (exact) mass is 402 g/mol. The van der Waals surface area contributed by atoms with Crippen molar-refractivity contribution in [1.82, 2.24) is 9.62 Å². The highest BCUT2D eigenvalue weighted by molar-refractivity contribution is 7.89. The Morgan fingerprint density at radius 2 is 2.00 bits per heavy atom. The van der Waals surface area contributed by atoms with Crippen LogP contribution in [-0.2, 0) is 24.3 Å². The van der Waals surface area contributed by atoms with Crippen LogP contribution in [-0.4, -0.2) is 49.8 Å². The second kappa shape index (κ2) is 8.83. The summed E-state index contributed by atoms with van der Waals surface area (Å²) in [6.45, 7) is 3.57. The van der Waals surface area contributed by atoms with Crippen LogP contribution in [0.1, 0.15) is 33.1 Å². The Kier molecular flexibility index (Phi) is 7.02. The van der Waals surface area contributed by atoms with E-state index < -0.39 is 34.5 Å². The number of amides is 1. The first kappa shape index (κ1) is 20.7. The van der Waals surface area contributed by atoms with E-state index in [1.54, 1.807) is 0 Å². The molecule has 144 valence electrons. The van der Waals surface area contributed by atoms with Crippen LogP contribution in [0.15, 0.2) is 29.2 Å². The molecule has 1 aliphatic heterocycles. The maximum absolute atomic E-state index is 12.8. The molecule has 0 saturated carbocycles. The third-order valence-corrected chi connectivity index (χ3v) is 6.44. The van der Waals surface area contributed by atoms with Crippen molar-refractivity contribution in [3.8, 4) is 0 Å². The van der Waals surface area contributed by atoms with E-state index in [1.165, 1.54) is 24.3 Å². The first-order chi connectivity index (χ1) is 12.3. The van der Waals surface area contributed by atoms with Crippen molar-refractivity contribution in [1.29, 1.82) is 0 Å². The summed E-state index contributed by atoms with van der Waals surface area (Å²) < 4.78 is 31.7. The van der Waals surface area contributed by atoms with Gasteiger partial charge in [-0.2, -0.15) is 4.31 Å². The Bertz CT molecular complexity index is 751. The van der Waals surface area contributed by atoms with E-state index >= 15 is 0 Å². The van der Waals surface area contributed by atoms with Crippen LogP contribution in [0.25, 0.3) is 0 Å². The summed E-state index contributed by atoms with van der Waals surface area (Å²) in [5, 5.41) is 3.11. The van der Waals surface area contributed by atoms with Gasteiger partial charge >= 0.3 is 5.97 Å². The Morgan fingerprint density at radius 3 is 2.62 bits per heavy atom. The second-order valence-electron chi connectivity index (χ2n) is 6.21. The molecule has 1 N–H and O–H groups in total. The largest absolute Gasteiger partial charge is 0.454 e. The van der Waals surface area contributed by atoms with Gasteiger partial charge in [-0.15, -0.1) is 0 Å². The lowest BCUT2D eigenvalue weighted by molar-refractivity contribution is -0.151. The molecule has 0 aliphatic carbocycles. The number of halogens is 1. The molecule has 9 heteroatoms. The number of esters is 1. The van der Waals surface area contributed by atoms with Crippen LogP contribution in [0.2, 0.25) is 5.02 Å². The lowest BCUT2D eigenvalue weighted by Crippen LogP contribution is -2.43. The van der Waals surface area contributed by atoms with Crippen molar-refractivity contribution in [3.05, 3.63) is 29.3 Å². The fraction of sp³-hybridized carbons (Fsp3) is 0.529. The lowest BCUT2D eigenvalue weighted by Gasteiger charge is -2.22. The zero-order chi connectivity index (χ0) is 19.3. The molecule has 0 spiro atoms. The van der Waals surface area contributed by atoms with Gasteiger partial charge in [0, 0.05) is 17.6 Å². The number of hydrogen-bond acceptors (Lipinski definition) is 5. The van der Waals surface area contributed by atoms with Gasteiger partial charge in [-0.05, 0) is 50.5 Å². The van der Waals surface area contributed by atoms with Crippen LogP contribution >= 0.6 is 11.6 Å². The topological polar surface area (TPSA) is 92.8 Å². The summed E-state index contributed by atoms with van der Waals surface area (Å²) in [6.07, 6.45) is 1.67. The minimum Gasteiger partial charge on any atom is -0.454 e. The number of benzene rings is 1. The van der Waals surface area contributed by atoms with Crippen LogP contribution in [0, 0.1) is 0 Å². The van der Waals surface area contributed by atoms with Crippen molar-refractivity contribution in [2.75, 3.05) is 13.2 Å². The Labute approximate surface area is 158 Å². The molecule has 26 heavy (non-hydrogen) atoms. The third kappa shape index (κ3) is 4.96. The molecule has 1 amide bonds. The molecule has 1 fully saturated rings. The van der Waals surface area contributed by atoms with E-state index in [1.807, 2.05) is 13.8 Å². The number of nitrogens with zero attached hydrogens (tertiary/aromatic N) is 1. The summed E-state index contributed by atoms with van der Waals surface area (Å²) in [4.78, 5) is 24.1. The fourth-order valence-corrected chi connectivity index (χ4v) is 4.43. The second-order valence-corrected chi connectivity index (χ2v) is 8.54. The van der Waals surface area contributed by atoms with Gasteiger partial charge in [0.2, 0.25) is 10.0 Å². The summed E-state index contributed by atoms with van der Waals surface area (Å²) in [7, 11) is -3.84. The van der Waals surface area contributed by atoms with Crippen molar-refractivity contribution in [2.24, 2.45) is 0 Å². The summed E-state index contributed by atoms with van der Waals surface area (Å²) in [6, 6.07) is 4.82. The highest BCUT2D eigenvalue weighted by atomic mass is 35.5. The summed E-state index contributed by atoms with van der Waals surface area (Å²) in [5.41, 5.74) is 0. The Balaban J connectivity index is 2.03. The van der Waals surface area contributed by atoms with Crippen molar-refractivity contribution >= 4 is 33.5 Å². The molecular weight excluding hydrogens is 380 g/mol. The number of carbonyl (C=O) groups excluding carboxylic acids is 2. The molecule has 2 rings (SSSR count). The minimum atomic E-state index is -3.84. The van der Waals surface area contributed by atoms with E-state index in [9.17, 15) is 18.0 Å². The maximum atomic E-state index is 12.8. The number of sulfonamides is 1. The molecular formula is C17H23ClN2O5S. The fourth-order valence-electron chi connectivity index (χ4n) is 2.66. The predicted molar refractivity (Wildman–Crippen MR) is 97.2 cm³/mol. The molecule has 2 atom stereocenters. The molecule has 0 aromatic heterocycles. The van der Waals surface area contributed by atoms with Gasteiger partial charge in [-0.1, -0.05) is 18.5 Å². The van der Waals surface area contributed by atoms with E-state index in [2.05, 4.69) is 5.32 Å². The van der Waals surface area contributed by atoms with Gasteiger partial charge in [0.15, 0.2) is 6.61 Å². The zero-order valence-electron chi connectivity index (χ0n) is 14.8. The molecule has 0 bridgehead atoms. The van der Waals surface area contributed by atoms with Crippen molar-refractivity contribution in [2.45, 2.75) is 50.1 Å². The van der Waals surface area contributed by atoms with Crippen LogP contribution < -0.4 is 5.32 Å². The highest BCUT2D eigenvalue weighted by Crippen LogP contribution is 2.27. The lowest BCUT2D eigenvalue weighted by atomic mass is 10.2. The highest BCUT2D eigenvalue weighted by Gasteiger charge is 2.40. The van der Waals surface area contributed by atoms with Gasteiger partial charge in [-0.25, -0.2) is 8.42 Å². The van der Waals surface area contributed by atoms with E-state index in [0.29, 0.717) is 17.9 Å². The SMILES string of the molecule is CC[C@@H](C)NC(=O)COC(=O)[C@@H]1CCCN1S(=O)(=O)c1ccc(Cl)cc1. The smallest absolute Gasteiger partial charge is 0.324 e. The van der Waals surface area contributed by atoms with Gasteiger partial charge in [-0.3, -0.25) is 9.59 Å².